The third-order valence-electron chi connectivity index (χ3n) is 8.04. The predicted molar refractivity (Wildman–Crippen MR) is 156 cm³/mol. The number of allylic oxidation sites excluding steroid dienone is 7. The first kappa shape index (κ1) is 25.4. The van der Waals surface area contributed by atoms with Crippen LogP contribution in [0.25, 0.3) is 17.2 Å². The van der Waals surface area contributed by atoms with Gasteiger partial charge in [0.25, 0.3) is 0 Å². The average molecular weight is 503 g/mol. The summed E-state index contributed by atoms with van der Waals surface area (Å²) in [5.74, 6) is 0.455. The van der Waals surface area contributed by atoms with Gasteiger partial charge < -0.3 is 15.3 Å². The van der Waals surface area contributed by atoms with Gasteiger partial charge in [0.05, 0.1) is 5.76 Å². The molecule has 3 atom stereocenters. The molecule has 192 valence electrons. The van der Waals surface area contributed by atoms with Crippen LogP contribution < -0.4 is 0 Å². The van der Waals surface area contributed by atoms with Crippen molar-refractivity contribution in [1.82, 2.24) is 0 Å². The zero-order valence-corrected chi connectivity index (χ0v) is 21.9. The van der Waals surface area contributed by atoms with E-state index in [9.17, 15) is 15.3 Å². The maximum absolute atomic E-state index is 11.5. The first-order chi connectivity index (χ1) is 18.3. The normalized spacial score (nSPS) is 23.9. The summed E-state index contributed by atoms with van der Waals surface area (Å²) in [6.07, 6.45) is 12.6. The van der Waals surface area contributed by atoms with Crippen LogP contribution in [0.1, 0.15) is 42.5 Å². The molecule has 0 saturated carbocycles. The maximum Gasteiger partial charge on any atom is 0.120 e. The van der Waals surface area contributed by atoms with Gasteiger partial charge in [-0.15, -0.1) is 0 Å². The first-order valence-electron chi connectivity index (χ1n) is 13.1. The largest absolute Gasteiger partial charge is 0.512 e. The summed E-state index contributed by atoms with van der Waals surface area (Å²) in [4.78, 5) is 0. The minimum absolute atomic E-state index is 0.0861. The smallest absolute Gasteiger partial charge is 0.120 e. The van der Waals surface area contributed by atoms with Gasteiger partial charge in [-0.1, -0.05) is 99.3 Å². The minimum atomic E-state index is -0.712. The molecular formula is C35H34O3. The molecule has 2 aliphatic rings. The lowest BCUT2D eigenvalue weighted by atomic mass is 9.61. The van der Waals surface area contributed by atoms with Gasteiger partial charge in [0.1, 0.15) is 11.5 Å². The van der Waals surface area contributed by atoms with Gasteiger partial charge in [-0.25, -0.2) is 0 Å². The summed E-state index contributed by atoms with van der Waals surface area (Å²) in [5, 5.41) is 32.6. The Labute approximate surface area is 225 Å². The van der Waals surface area contributed by atoms with Crippen molar-refractivity contribution >= 4 is 6.08 Å². The number of benzene rings is 3. The zero-order chi connectivity index (χ0) is 26.9. The summed E-state index contributed by atoms with van der Waals surface area (Å²) < 4.78 is 0. The van der Waals surface area contributed by atoms with Crippen LogP contribution in [0, 0.1) is 11.8 Å². The number of rotatable bonds is 4. The Morgan fingerprint density at radius 2 is 1.53 bits per heavy atom. The lowest BCUT2D eigenvalue weighted by Crippen LogP contribution is -2.37. The number of phenolic OH excluding ortho intramolecular Hbond substituents is 1. The topological polar surface area (TPSA) is 60.7 Å². The monoisotopic (exact) mass is 502 g/mol. The summed E-state index contributed by atoms with van der Waals surface area (Å²) in [6, 6.07) is 22.5. The van der Waals surface area contributed by atoms with E-state index in [0.29, 0.717) is 18.6 Å². The van der Waals surface area contributed by atoms with Crippen LogP contribution in [0.5, 0.6) is 5.75 Å². The van der Waals surface area contributed by atoms with E-state index in [1.165, 1.54) is 0 Å². The Bertz CT molecular complexity index is 1470. The fourth-order valence-corrected chi connectivity index (χ4v) is 6.02. The van der Waals surface area contributed by atoms with Gasteiger partial charge in [0.15, 0.2) is 0 Å². The van der Waals surface area contributed by atoms with Crippen LogP contribution in [-0.4, -0.2) is 15.3 Å². The minimum Gasteiger partial charge on any atom is -0.512 e. The van der Waals surface area contributed by atoms with Crippen LogP contribution in [0.15, 0.2) is 121 Å². The number of aryl methyl sites for hydroxylation is 1. The van der Waals surface area contributed by atoms with E-state index < -0.39 is 5.41 Å². The number of phenols is 1. The predicted octanol–water partition coefficient (Wildman–Crippen LogP) is 8.59. The number of aromatic hydroxyl groups is 1. The van der Waals surface area contributed by atoms with Crippen molar-refractivity contribution in [1.29, 1.82) is 0 Å². The van der Waals surface area contributed by atoms with Crippen molar-refractivity contribution in [2.45, 2.75) is 32.1 Å². The molecular weight excluding hydrogens is 468 g/mol. The third-order valence-corrected chi connectivity index (χ3v) is 8.04. The van der Waals surface area contributed by atoms with Crippen molar-refractivity contribution in [3.63, 3.8) is 0 Å². The van der Waals surface area contributed by atoms with E-state index >= 15 is 0 Å². The summed E-state index contributed by atoms with van der Waals surface area (Å²) in [5.41, 5.74) is 6.10. The van der Waals surface area contributed by atoms with Crippen LogP contribution in [0.4, 0.5) is 0 Å². The van der Waals surface area contributed by atoms with Crippen molar-refractivity contribution < 1.29 is 15.3 Å². The molecule has 3 aromatic rings. The van der Waals surface area contributed by atoms with Crippen LogP contribution in [0.2, 0.25) is 0 Å². The maximum atomic E-state index is 11.5. The highest BCUT2D eigenvalue weighted by Crippen LogP contribution is 2.50. The fraction of sp³-hybridized carbons (Fsp3) is 0.200. The van der Waals surface area contributed by atoms with Crippen molar-refractivity contribution in [3.8, 4) is 16.9 Å². The highest BCUT2D eigenvalue weighted by Gasteiger charge is 2.43. The molecule has 0 saturated heterocycles. The SMILES string of the molecule is C=C1/C=C\C(O)=C/C(C)C(C(C)(c2ccc(-c3ccccc3)cc2)c2c(O)ccc3c2C=C(O)CC3)/C=C\1. The number of hydrogen-bond acceptors (Lipinski definition) is 3. The number of aliphatic hydroxyl groups is 2. The van der Waals surface area contributed by atoms with Gasteiger partial charge in [0.2, 0.25) is 0 Å². The van der Waals surface area contributed by atoms with E-state index in [2.05, 4.69) is 62.9 Å². The van der Waals surface area contributed by atoms with E-state index in [1.54, 1.807) is 18.2 Å². The average Bonchev–Trinajstić information content (AvgIpc) is 2.98. The molecule has 3 N–H and O–H groups in total. The highest BCUT2D eigenvalue weighted by atomic mass is 16.3. The Hall–Kier alpha value is -4.24. The van der Waals surface area contributed by atoms with Gasteiger partial charge in [0, 0.05) is 17.4 Å². The number of hydrogen-bond donors (Lipinski definition) is 3. The molecule has 3 aromatic carbocycles. The van der Waals surface area contributed by atoms with Gasteiger partial charge in [-0.05, 0) is 75.9 Å². The van der Waals surface area contributed by atoms with E-state index in [4.69, 9.17) is 0 Å². The molecule has 3 unspecified atom stereocenters. The number of aliphatic hydroxyl groups excluding tert-OH is 2. The Balaban J connectivity index is 1.77. The first-order valence-corrected chi connectivity index (χ1v) is 13.1. The zero-order valence-electron chi connectivity index (χ0n) is 21.9. The molecule has 0 amide bonds. The molecule has 5 rings (SSSR count). The molecule has 0 aliphatic heterocycles. The van der Waals surface area contributed by atoms with Gasteiger partial charge in [-0.2, -0.15) is 0 Å². The van der Waals surface area contributed by atoms with Crippen molar-refractivity contribution in [2.75, 3.05) is 0 Å². The van der Waals surface area contributed by atoms with Crippen LogP contribution in [0.3, 0.4) is 0 Å². The van der Waals surface area contributed by atoms with Gasteiger partial charge >= 0.3 is 0 Å². The third kappa shape index (κ3) is 4.72. The van der Waals surface area contributed by atoms with Crippen LogP contribution >= 0.6 is 0 Å². The molecule has 38 heavy (non-hydrogen) atoms. The molecule has 2 aliphatic carbocycles. The molecule has 0 fully saturated rings. The molecule has 0 spiro atoms. The molecule has 3 nitrogen and oxygen atoms in total. The molecule has 0 bridgehead atoms. The van der Waals surface area contributed by atoms with Crippen LogP contribution in [-0.2, 0) is 11.8 Å². The molecule has 3 heteroatoms. The summed E-state index contributed by atoms with van der Waals surface area (Å²) >= 11 is 0. The van der Waals surface area contributed by atoms with E-state index in [-0.39, 0.29) is 23.3 Å². The second kappa shape index (κ2) is 10.3. The standard InChI is InChI=1S/C35H34O3/c1-23-9-17-29(36)21-24(2)32(19-10-23)35(3,28-15-11-26(12-16-28)25-7-5-4-6-8-25)34-31-22-30(37)18-13-27(31)14-20-33(34)38/h4-12,14-17,19-22,24,32,36-38H,1,13,18H2,2-3H3/b17-9-,19-10-,29-21+. The van der Waals surface area contributed by atoms with Crippen molar-refractivity contribution in [3.05, 3.63) is 143 Å². The summed E-state index contributed by atoms with van der Waals surface area (Å²) in [7, 11) is 0. The lowest BCUT2D eigenvalue weighted by molar-refractivity contribution is 0.324. The van der Waals surface area contributed by atoms with E-state index in [0.717, 1.165) is 39.0 Å². The molecule has 0 heterocycles. The Morgan fingerprint density at radius 3 is 2.26 bits per heavy atom. The second-order valence-electron chi connectivity index (χ2n) is 10.6. The Kier molecular flexibility index (Phi) is 6.86. The highest BCUT2D eigenvalue weighted by molar-refractivity contribution is 5.70. The fourth-order valence-electron chi connectivity index (χ4n) is 6.02. The summed E-state index contributed by atoms with van der Waals surface area (Å²) in [6.45, 7) is 8.36. The number of fused-ring (bicyclic) bond motifs is 1. The van der Waals surface area contributed by atoms with E-state index in [1.807, 2.05) is 42.5 Å². The lowest BCUT2D eigenvalue weighted by Gasteiger charge is -2.42. The van der Waals surface area contributed by atoms with Gasteiger partial charge in [-0.3, -0.25) is 0 Å². The quantitative estimate of drug-likeness (QED) is 0.335. The molecule has 0 radical (unpaired) electrons. The second-order valence-corrected chi connectivity index (χ2v) is 10.6. The van der Waals surface area contributed by atoms with Crippen molar-refractivity contribution in [2.24, 2.45) is 11.8 Å². The molecule has 0 aromatic heterocycles. The Morgan fingerprint density at radius 1 is 0.816 bits per heavy atom.